The Labute approximate surface area is 166 Å². The van der Waals surface area contributed by atoms with E-state index in [0.717, 1.165) is 6.42 Å². The van der Waals surface area contributed by atoms with Crippen molar-refractivity contribution >= 4 is 11.8 Å². The minimum absolute atomic E-state index is 0.0833. The Morgan fingerprint density at radius 3 is 2.86 bits per heavy atom. The Bertz CT molecular complexity index is 716. The van der Waals surface area contributed by atoms with Crippen LogP contribution in [-0.2, 0) is 14.3 Å². The number of hydrogen-bond acceptors (Lipinski definition) is 5. The van der Waals surface area contributed by atoms with Gasteiger partial charge < -0.3 is 14.6 Å². The molecule has 3 unspecified atom stereocenters. The molecule has 5 heteroatoms. The lowest BCUT2D eigenvalue weighted by Crippen LogP contribution is -2.16. The molecule has 1 aromatic rings. The molecule has 0 amide bonds. The van der Waals surface area contributed by atoms with Crippen LogP contribution in [0, 0.1) is 11.8 Å². The SMILES string of the molecule is COC(=O)CCC=C=CCC1C(=O)CCC1/C=C/C(O)COc1ccccc1. The van der Waals surface area contributed by atoms with Gasteiger partial charge in [-0.3, -0.25) is 9.59 Å². The molecule has 1 saturated carbocycles. The van der Waals surface area contributed by atoms with E-state index in [1.807, 2.05) is 42.5 Å². The zero-order valence-electron chi connectivity index (χ0n) is 16.3. The zero-order valence-corrected chi connectivity index (χ0v) is 16.3. The summed E-state index contributed by atoms with van der Waals surface area (Å²) in [5.74, 6) is 0.751. The molecule has 0 saturated heterocycles. The monoisotopic (exact) mass is 384 g/mol. The highest BCUT2D eigenvalue weighted by molar-refractivity contribution is 5.83. The quantitative estimate of drug-likeness (QED) is 0.379. The summed E-state index contributed by atoms with van der Waals surface area (Å²) < 4.78 is 10.1. The molecule has 28 heavy (non-hydrogen) atoms. The number of methoxy groups -OCH3 is 1. The van der Waals surface area contributed by atoms with Crippen LogP contribution < -0.4 is 4.74 Å². The van der Waals surface area contributed by atoms with E-state index in [1.165, 1.54) is 7.11 Å². The third-order valence-corrected chi connectivity index (χ3v) is 4.73. The minimum atomic E-state index is -0.717. The molecular weight excluding hydrogens is 356 g/mol. The van der Waals surface area contributed by atoms with Crippen molar-refractivity contribution in [1.29, 1.82) is 0 Å². The largest absolute Gasteiger partial charge is 0.491 e. The molecular formula is C23H28O5. The van der Waals surface area contributed by atoms with Crippen molar-refractivity contribution < 1.29 is 24.2 Å². The van der Waals surface area contributed by atoms with Gasteiger partial charge in [0.25, 0.3) is 0 Å². The second-order valence-corrected chi connectivity index (χ2v) is 6.78. The zero-order chi connectivity index (χ0) is 20.2. The number of carbonyl (C=O) groups is 2. The minimum Gasteiger partial charge on any atom is -0.491 e. The van der Waals surface area contributed by atoms with Gasteiger partial charge in [0.1, 0.15) is 24.2 Å². The van der Waals surface area contributed by atoms with Crippen LogP contribution in [0.5, 0.6) is 5.75 Å². The Kier molecular flexibility index (Phi) is 9.26. The molecule has 0 spiro atoms. The summed E-state index contributed by atoms with van der Waals surface area (Å²) in [5.41, 5.74) is 3.03. The summed E-state index contributed by atoms with van der Waals surface area (Å²) in [6.45, 7) is 0.175. The van der Waals surface area contributed by atoms with Crippen molar-refractivity contribution in [1.82, 2.24) is 0 Å². The molecule has 2 rings (SSSR count). The predicted octanol–water partition coefficient (Wildman–Crippen LogP) is 3.63. The van der Waals surface area contributed by atoms with Gasteiger partial charge >= 0.3 is 5.97 Å². The maximum Gasteiger partial charge on any atom is 0.305 e. The third kappa shape index (κ3) is 7.55. The Balaban J connectivity index is 1.79. The number of carbonyl (C=O) groups excluding carboxylic acids is 2. The normalized spacial score (nSPS) is 19.9. The van der Waals surface area contributed by atoms with Crippen molar-refractivity contribution in [2.24, 2.45) is 11.8 Å². The number of esters is 1. The van der Waals surface area contributed by atoms with Crippen LogP contribution in [0.25, 0.3) is 0 Å². The van der Waals surface area contributed by atoms with Gasteiger partial charge in [-0.1, -0.05) is 30.4 Å². The molecule has 0 bridgehead atoms. The fraction of sp³-hybridized carbons (Fsp3) is 0.435. The molecule has 1 aliphatic carbocycles. The first-order valence-electron chi connectivity index (χ1n) is 9.63. The van der Waals surface area contributed by atoms with Crippen LogP contribution in [-0.4, -0.2) is 36.7 Å². The Morgan fingerprint density at radius 2 is 2.11 bits per heavy atom. The highest BCUT2D eigenvalue weighted by Crippen LogP contribution is 2.32. The maximum absolute atomic E-state index is 12.1. The number of benzene rings is 1. The standard InChI is InChI=1S/C23H28O5/c1-27-23(26)12-8-3-2-7-11-21-18(14-16-22(21)25)13-15-19(24)17-28-20-9-5-4-6-10-20/h3-7,9-10,13,15,18-19,21,24H,8,11-12,14,16-17H2,1H3/b15-13+. The summed E-state index contributed by atoms with van der Waals surface area (Å²) in [6.07, 6.45) is 9.44. The summed E-state index contributed by atoms with van der Waals surface area (Å²) in [7, 11) is 1.37. The van der Waals surface area contributed by atoms with E-state index in [9.17, 15) is 14.7 Å². The van der Waals surface area contributed by atoms with E-state index in [1.54, 1.807) is 12.2 Å². The highest BCUT2D eigenvalue weighted by atomic mass is 16.5. The number of ketones is 1. The third-order valence-electron chi connectivity index (χ3n) is 4.73. The first kappa shape index (κ1) is 21.7. The second kappa shape index (κ2) is 12.0. The van der Waals surface area contributed by atoms with Crippen LogP contribution >= 0.6 is 0 Å². The molecule has 3 atom stereocenters. The molecule has 0 aromatic heterocycles. The van der Waals surface area contributed by atoms with Gasteiger partial charge in [-0.2, -0.15) is 0 Å². The van der Waals surface area contributed by atoms with Gasteiger partial charge in [0, 0.05) is 18.8 Å². The molecule has 0 radical (unpaired) electrons. The Morgan fingerprint density at radius 1 is 1.32 bits per heavy atom. The lowest BCUT2D eigenvalue weighted by molar-refractivity contribution is -0.140. The van der Waals surface area contributed by atoms with Crippen LogP contribution in [0.2, 0.25) is 0 Å². The molecule has 0 heterocycles. The van der Waals surface area contributed by atoms with E-state index < -0.39 is 6.10 Å². The van der Waals surface area contributed by atoms with E-state index in [0.29, 0.717) is 31.4 Å². The van der Waals surface area contributed by atoms with Crippen molar-refractivity contribution in [2.75, 3.05) is 13.7 Å². The van der Waals surface area contributed by atoms with Crippen LogP contribution in [0.3, 0.4) is 0 Å². The van der Waals surface area contributed by atoms with E-state index in [4.69, 9.17) is 4.74 Å². The number of para-hydroxylation sites is 1. The molecule has 1 aromatic carbocycles. The van der Waals surface area contributed by atoms with Crippen LogP contribution in [0.15, 0.2) is 60.4 Å². The number of Topliss-reactive ketones (excluding diaryl/α,β-unsaturated/α-hetero) is 1. The molecule has 0 aliphatic heterocycles. The molecule has 1 aliphatic rings. The van der Waals surface area contributed by atoms with Crippen LogP contribution in [0.1, 0.15) is 32.1 Å². The smallest absolute Gasteiger partial charge is 0.305 e. The number of allylic oxidation sites excluding steroid dienone is 2. The van der Waals surface area contributed by atoms with Gasteiger partial charge in [-0.05, 0) is 49.5 Å². The van der Waals surface area contributed by atoms with Crippen LogP contribution in [0.4, 0.5) is 0 Å². The number of aliphatic hydroxyl groups is 1. The number of hydrogen-bond donors (Lipinski definition) is 1. The number of rotatable bonds is 10. The fourth-order valence-electron chi connectivity index (χ4n) is 3.15. The first-order chi connectivity index (χ1) is 13.6. The van der Waals surface area contributed by atoms with Gasteiger partial charge in [0.2, 0.25) is 0 Å². The lowest BCUT2D eigenvalue weighted by Gasteiger charge is -2.14. The highest BCUT2D eigenvalue weighted by Gasteiger charge is 2.31. The molecule has 1 N–H and O–H groups in total. The molecule has 150 valence electrons. The maximum atomic E-state index is 12.1. The van der Waals surface area contributed by atoms with Gasteiger partial charge in [-0.25, -0.2) is 0 Å². The summed E-state index contributed by atoms with van der Waals surface area (Å²) >= 11 is 0. The lowest BCUT2D eigenvalue weighted by atomic mass is 9.91. The number of ether oxygens (including phenoxy) is 2. The van der Waals surface area contributed by atoms with E-state index in [-0.39, 0.29) is 30.2 Å². The Hall–Kier alpha value is -2.62. The van der Waals surface area contributed by atoms with Crippen molar-refractivity contribution in [3.63, 3.8) is 0 Å². The average molecular weight is 384 g/mol. The van der Waals surface area contributed by atoms with Crippen molar-refractivity contribution in [2.45, 2.75) is 38.2 Å². The summed E-state index contributed by atoms with van der Waals surface area (Å²) in [6, 6.07) is 9.34. The average Bonchev–Trinajstić information content (AvgIpc) is 3.07. The van der Waals surface area contributed by atoms with E-state index in [2.05, 4.69) is 10.5 Å². The molecule has 1 fully saturated rings. The van der Waals surface area contributed by atoms with Crippen molar-refractivity contribution in [3.05, 3.63) is 60.4 Å². The first-order valence-corrected chi connectivity index (χ1v) is 9.63. The fourth-order valence-corrected chi connectivity index (χ4v) is 3.15. The van der Waals surface area contributed by atoms with Crippen molar-refractivity contribution in [3.8, 4) is 5.75 Å². The van der Waals surface area contributed by atoms with E-state index >= 15 is 0 Å². The second-order valence-electron chi connectivity index (χ2n) is 6.78. The predicted molar refractivity (Wildman–Crippen MR) is 107 cm³/mol. The van der Waals surface area contributed by atoms with Gasteiger partial charge in [0.05, 0.1) is 7.11 Å². The summed E-state index contributed by atoms with van der Waals surface area (Å²) in [4.78, 5) is 23.2. The topological polar surface area (TPSA) is 72.8 Å². The summed E-state index contributed by atoms with van der Waals surface area (Å²) in [5, 5.41) is 10.1. The van der Waals surface area contributed by atoms with Gasteiger partial charge in [0.15, 0.2) is 0 Å². The number of aliphatic hydroxyl groups excluding tert-OH is 1. The molecule has 5 nitrogen and oxygen atoms in total. The van der Waals surface area contributed by atoms with Gasteiger partial charge in [-0.15, -0.1) is 5.73 Å².